The first-order valence-electron chi connectivity index (χ1n) is 8.99. The summed E-state index contributed by atoms with van der Waals surface area (Å²) in [4.78, 5) is 4.69. The van der Waals surface area contributed by atoms with Gasteiger partial charge < -0.3 is 0 Å². The van der Waals surface area contributed by atoms with E-state index in [-0.39, 0.29) is 0 Å². The molecule has 1 nitrogen and oxygen atoms in total. The Morgan fingerprint density at radius 2 is 2.00 bits per heavy atom. The zero-order chi connectivity index (χ0) is 14.1. The topological polar surface area (TPSA) is 12.4 Å². The largest absolute Gasteiger partial charge is 0.261 e. The third-order valence-corrected chi connectivity index (χ3v) is 6.30. The van der Waals surface area contributed by atoms with Gasteiger partial charge in [-0.1, -0.05) is 50.0 Å². The normalized spacial score (nSPS) is 38.9. The monoisotopic (exact) mass is 281 g/mol. The molecule has 0 saturated heterocycles. The van der Waals surface area contributed by atoms with Crippen LogP contribution in [0.25, 0.3) is 0 Å². The third kappa shape index (κ3) is 2.45. The van der Waals surface area contributed by atoms with Gasteiger partial charge in [0, 0.05) is 6.21 Å². The van der Waals surface area contributed by atoms with Gasteiger partial charge in [-0.15, -0.1) is 0 Å². The molecule has 1 aliphatic heterocycles. The number of hydrogen-bond acceptors (Lipinski definition) is 1. The minimum Gasteiger partial charge on any atom is -0.261 e. The zero-order valence-electron chi connectivity index (χ0n) is 13.1. The van der Waals surface area contributed by atoms with Gasteiger partial charge in [0.1, 0.15) is 0 Å². The Bertz CT molecular complexity index is 522. The molecule has 0 radical (unpaired) electrons. The van der Waals surface area contributed by atoms with Crippen molar-refractivity contribution in [2.75, 3.05) is 0 Å². The molecule has 2 fully saturated rings. The molecule has 2 saturated carbocycles. The summed E-state index contributed by atoms with van der Waals surface area (Å²) in [5.41, 5.74) is 3.41. The minimum atomic E-state index is 0.630. The Morgan fingerprint density at radius 1 is 1.05 bits per heavy atom. The number of allylic oxidation sites excluding steroid dienone is 5. The molecule has 3 atom stereocenters. The van der Waals surface area contributed by atoms with Gasteiger partial charge >= 0.3 is 0 Å². The summed E-state index contributed by atoms with van der Waals surface area (Å²) in [6.07, 6.45) is 25.2. The van der Waals surface area contributed by atoms with Crippen LogP contribution in [0.2, 0.25) is 0 Å². The molecular formula is C20H27N. The molecule has 0 aromatic rings. The lowest BCUT2D eigenvalue weighted by Gasteiger charge is -2.24. The first kappa shape index (κ1) is 13.5. The number of rotatable bonds is 1. The Morgan fingerprint density at radius 3 is 2.90 bits per heavy atom. The number of hydrogen-bond donors (Lipinski definition) is 0. The van der Waals surface area contributed by atoms with Gasteiger partial charge in [-0.05, 0) is 61.3 Å². The van der Waals surface area contributed by atoms with Crippen LogP contribution in [0, 0.1) is 17.3 Å². The smallest absolute Gasteiger partial charge is 0.0618 e. The van der Waals surface area contributed by atoms with Gasteiger partial charge in [0.05, 0.1) is 5.70 Å². The van der Waals surface area contributed by atoms with E-state index < -0.39 is 0 Å². The lowest BCUT2D eigenvalue weighted by Crippen LogP contribution is -2.11. The highest BCUT2D eigenvalue weighted by molar-refractivity contribution is 5.62. The quantitative estimate of drug-likeness (QED) is 0.593. The summed E-state index contributed by atoms with van der Waals surface area (Å²) in [7, 11) is 0. The second-order valence-electron chi connectivity index (χ2n) is 7.41. The molecule has 3 aliphatic carbocycles. The molecular weight excluding hydrogens is 254 g/mol. The summed E-state index contributed by atoms with van der Waals surface area (Å²) in [6, 6.07) is 0. The van der Waals surface area contributed by atoms with Crippen LogP contribution in [0.15, 0.2) is 40.6 Å². The number of nitrogens with zero attached hydrogens (tertiary/aromatic N) is 1. The van der Waals surface area contributed by atoms with E-state index in [0.717, 1.165) is 18.3 Å². The van der Waals surface area contributed by atoms with E-state index in [9.17, 15) is 0 Å². The van der Waals surface area contributed by atoms with Crippen molar-refractivity contribution in [2.45, 2.75) is 64.2 Å². The van der Waals surface area contributed by atoms with Crippen molar-refractivity contribution >= 4 is 6.21 Å². The average Bonchev–Trinajstić information content (AvgIpc) is 3.03. The van der Waals surface area contributed by atoms with Crippen molar-refractivity contribution in [2.24, 2.45) is 22.2 Å². The second-order valence-corrected chi connectivity index (χ2v) is 7.41. The SMILES string of the molecule is C1=CCC2C3CCCCCCC23CC(C2=CCCC=N2)=C1. The van der Waals surface area contributed by atoms with E-state index in [2.05, 4.69) is 35.5 Å². The lowest BCUT2D eigenvalue weighted by molar-refractivity contribution is 0.343. The van der Waals surface area contributed by atoms with Crippen molar-refractivity contribution in [3.05, 3.63) is 35.6 Å². The van der Waals surface area contributed by atoms with Crippen LogP contribution in [0.3, 0.4) is 0 Å². The third-order valence-electron chi connectivity index (χ3n) is 6.30. The van der Waals surface area contributed by atoms with Crippen LogP contribution in [0.5, 0.6) is 0 Å². The van der Waals surface area contributed by atoms with E-state index in [4.69, 9.17) is 0 Å². The van der Waals surface area contributed by atoms with Crippen molar-refractivity contribution in [1.29, 1.82) is 0 Å². The summed E-state index contributed by atoms with van der Waals surface area (Å²) >= 11 is 0. The van der Waals surface area contributed by atoms with Crippen molar-refractivity contribution in [3.8, 4) is 0 Å². The summed E-state index contributed by atoms with van der Waals surface area (Å²) in [6.45, 7) is 0. The second kappa shape index (κ2) is 5.59. The molecule has 3 unspecified atom stereocenters. The molecule has 0 amide bonds. The number of fused-ring (bicyclic) bond motifs is 1. The van der Waals surface area contributed by atoms with Crippen LogP contribution in [0.4, 0.5) is 0 Å². The zero-order valence-corrected chi connectivity index (χ0v) is 13.1. The van der Waals surface area contributed by atoms with E-state index >= 15 is 0 Å². The maximum absolute atomic E-state index is 4.69. The highest BCUT2D eigenvalue weighted by Crippen LogP contribution is 2.69. The molecule has 1 spiro atoms. The average molecular weight is 281 g/mol. The molecule has 0 bridgehead atoms. The molecule has 0 aromatic heterocycles. The summed E-state index contributed by atoms with van der Waals surface area (Å²) in [5.74, 6) is 1.96. The van der Waals surface area contributed by atoms with Crippen LogP contribution >= 0.6 is 0 Å². The summed E-state index contributed by atoms with van der Waals surface area (Å²) in [5, 5.41) is 0. The predicted molar refractivity (Wildman–Crippen MR) is 89.4 cm³/mol. The maximum atomic E-state index is 4.69. The van der Waals surface area contributed by atoms with E-state index in [1.54, 1.807) is 0 Å². The lowest BCUT2D eigenvalue weighted by atomic mass is 9.82. The fourth-order valence-electron chi connectivity index (χ4n) is 5.17. The van der Waals surface area contributed by atoms with Gasteiger partial charge in [0.25, 0.3) is 0 Å². The van der Waals surface area contributed by atoms with Gasteiger partial charge in [-0.25, -0.2) is 0 Å². The van der Waals surface area contributed by atoms with Crippen molar-refractivity contribution in [3.63, 3.8) is 0 Å². The standard InChI is InChI=1S/C20H27N/c1-2-7-13-20-15-16(19-12-6-8-14-21-19)9-4-5-11-18(20)17(20)10-3-1/h4-5,9,12,14,17-18H,1-3,6-8,10-11,13,15H2. The van der Waals surface area contributed by atoms with E-state index in [0.29, 0.717) is 5.41 Å². The van der Waals surface area contributed by atoms with Crippen molar-refractivity contribution < 1.29 is 0 Å². The van der Waals surface area contributed by atoms with Gasteiger partial charge in [-0.2, -0.15) is 0 Å². The van der Waals surface area contributed by atoms with E-state index in [1.165, 1.54) is 69.1 Å². The van der Waals surface area contributed by atoms with Gasteiger partial charge in [0.15, 0.2) is 0 Å². The Labute approximate surface area is 128 Å². The molecule has 4 aliphatic rings. The molecule has 112 valence electrons. The number of aliphatic imine (C=N–C) groups is 1. The fourth-order valence-corrected chi connectivity index (χ4v) is 5.17. The molecule has 21 heavy (non-hydrogen) atoms. The van der Waals surface area contributed by atoms with Crippen LogP contribution in [0.1, 0.15) is 64.2 Å². The molecule has 1 heteroatoms. The van der Waals surface area contributed by atoms with Crippen LogP contribution < -0.4 is 0 Å². The van der Waals surface area contributed by atoms with Crippen LogP contribution in [-0.4, -0.2) is 6.21 Å². The van der Waals surface area contributed by atoms with Crippen LogP contribution in [-0.2, 0) is 0 Å². The maximum Gasteiger partial charge on any atom is 0.0618 e. The molecule has 0 aromatic carbocycles. The van der Waals surface area contributed by atoms with Gasteiger partial charge in [-0.3, -0.25) is 4.99 Å². The Kier molecular flexibility index (Phi) is 3.61. The molecule has 0 N–H and O–H groups in total. The fraction of sp³-hybridized carbons (Fsp3) is 0.650. The van der Waals surface area contributed by atoms with Gasteiger partial charge in [0.2, 0.25) is 0 Å². The Hall–Kier alpha value is -1.11. The highest BCUT2D eigenvalue weighted by atomic mass is 14.8. The molecule has 1 heterocycles. The minimum absolute atomic E-state index is 0.630. The Balaban J connectivity index is 1.61. The first-order valence-corrected chi connectivity index (χ1v) is 8.99. The predicted octanol–water partition coefficient (Wildman–Crippen LogP) is 5.60. The molecule has 4 rings (SSSR count). The van der Waals surface area contributed by atoms with Crippen molar-refractivity contribution in [1.82, 2.24) is 0 Å². The first-order chi connectivity index (χ1) is 10.4. The summed E-state index contributed by atoms with van der Waals surface area (Å²) < 4.78 is 0. The highest BCUT2D eigenvalue weighted by Gasteiger charge is 2.62. The van der Waals surface area contributed by atoms with E-state index in [1.807, 2.05) is 0 Å².